The van der Waals surface area contributed by atoms with Crippen LogP contribution in [0.25, 0.3) is 0 Å². The van der Waals surface area contributed by atoms with Crippen molar-refractivity contribution in [3.05, 3.63) is 47.9 Å². The Balaban J connectivity index is 2.24. The molecule has 0 fully saturated rings. The summed E-state index contributed by atoms with van der Waals surface area (Å²) >= 11 is 0. The van der Waals surface area contributed by atoms with Crippen LogP contribution in [-0.2, 0) is 13.2 Å². The van der Waals surface area contributed by atoms with Crippen LogP contribution >= 0.6 is 0 Å². The largest absolute Gasteiger partial charge is 0.492 e. The van der Waals surface area contributed by atoms with Crippen molar-refractivity contribution in [2.75, 3.05) is 0 Å². The molecule has 15 heavy (non-hydrogen) atoms. The van der Waals surface area contributed by atoms with Gasteiger partial charge in [-0.1, -0.05) is 30.3 Å². The monoisotopic (exact) mass is 204 g/mol. The summed E-state index contributed by atoms with van der Waals surface area (Å²) in [5.74, 6) is 0.409. The minimum Gasteiger partial charge on any atom is -0.492 e. The van der Waals surface area contributed by atoms with E-state index in [1.165, 1.54) is 6.20 Å². The molecule has 0 aliphatic heterocycles. The van der Waals surface area contributed by atoms with Gasteiger partial charge in [0.15, 0.2) is 0 Å². The van der Waals surface area contributed by atoms with E-state index in [9.17, 15) is 5.11 Å². The van der Waals surface area contributed by atoms with Gasteiger partial charge in [0.25, 0.3) is 0 Å². The van der Waals surface area contributed by atoms with Crippen molar-refractivity contribution in [3.63, 3.8) is 0 Å². The molecule has 4 nitrogen and oxygen atoms in total. The van der Waals surface area contributed by atoms with Gasteiger partial charge >= 0.3 is 0 Å². The van der Waals surface area contributed by atoms with Crippen molar-refractivity contribution in [3.8, 4) is 5.88 Å². The van der Waals surface area contributed by atoms with Crippen LogP contribution in [-0.4, -0.2) is 19.8 Å². The van der Waals surface area contributed by atoms with E-state index in [1.807, 2.05) is 30.3 Å². The molecular formula is C11H12N2O2. The van der Waals surface area contributed by atoms with E-state index in [0.717, 1.165) is 5.56 Å². The standard InChI is InChI=1S/C11H12N2O2/c14-8-10-12-11(15)7-13(10)6-9-4-2-1-3-5-9/h1-5,7,14-15H,6,8H2. The van der Waals surface area contributed by atoms with Crippen molar-refractivity contribution >= 4 is 0 Å². The number of nitrogens with zero attached hydrogens (tertiary/aromatic N) is 2. The zero-order valence-corrected chi connectivity index (χ0v) is 8.17. The highest BCUT2D eigenvalue weighted by Gasteiger charge is 2.05. The van der Waals surface area contributed by atoms with Gasteiger partial charge in [0.2, 0.25) is 5.88 Å². The summed E-state index contributed by atoms with van der Waals surface area (Å²) in [4.78, 5) is 3.79. The fourth-order valence-corrected chi connectivity index (χ4v) is 1.48. The molecule has 0 spiro atoms. The maximum absolute atomic E-state index is 9.20. The Labute approximate surface area is 87.4 Å². The van der Waals surface area contributed by atoms with Gasteiger partial charge in [-0.25, -0.2) is 0 Å². The number of imidazole rings is 1. The van der Waals surface area contributed by atoms with Crippen LogP contribution in [0.1, 0.15) is 11.4 Å². The van der Waals surface area contributed by atoms with Crippen LogP contribution in [0, 0.1) is 0 Å². The Kier molecular flexibility index (Phi) is 2.69. The van der Waals surface area contributed by atoms with E-state index in [1.54, 1.807) is 4.57 Å². The molecule has 0 bridgehead atoms. The third-order valence-corrected chi connectivity index (χ3v) is 2.18. The van der Waals surface area contributed by atoms with Crippen molar-refractivity contribution < 1.29 is 10.2 Å². The number of aliphatic hydroxyl groups is 1. The number of aliphatic hydroxyl groups excluding tert-OH is 1. The molecule has 0 atom stereocenters. The fourth-order valence-electron chi connectivity index (χ4n) is 1.48. The summed E-state index contributed by atoms with van der Waals surface area (Å²) in [6.45, 7) is 0.428. The number of rotatable bonds is 3. The molecule has 0 radical (unpaired) electrons. The molecule has 0 aliphatic rings. The third kappa shape index (κ3) is 2.16. The highest BCUT2D eigenvalue weighted by atomic mass is 16.3. The molecular weight excluding hydrogens is 192 g/mol. The summed E-state index contributed by atoms with van der Waals surface area (Å²) in [5, 5.41) is 18.2. The number of hydrogen-bond donors (Lipinski definition) is 2. The lowest BCUT2D eigenvalue weighted by molar-refractivity contribution is 0.265. The van der Waals surface area contributed by atoms with Gasteiger partial charge in [-0.2, -0.15) is 4.98 Å². The average molecular weight is 204 g/mol. The molecule has 0 saturated heterocycles. The van der Waals surface area contributed by atoms with Gasteiger partial charge in [-0.3, -0.25) is 0 Å². The lowest BCUT2D eigenvalue weighted by Gasteiger charge is -2.04. The molecule has 2 rings (SSSR count). The average Bonchev–Trinajstić information content (AvgIpc) is 2.60. The number of aromatic hydroxyl groups is 1. The van der Waals surface area contributed by atoms with Crippen LogP contribution in [0.15, 0.2) is 36.5 Å². The smallest absolute Gasteiger partial charge is 0.229 e. The Morgan fingerprint density at radius 1 is 1.20 bits per heavy atom. The number of hydrogen-bond acceptors (Lipinski definition) is 3. The zero-order valence-electron chi connectivity index (χ0n) is 8.17. The Bertz CT molecular complexity index is 437. The summed E-state index contributed by atoms with van der Waals surface area (Å²) < 4.78 is 1.73. The van der Waals surface area contributed by atoms with Crippen LogP contribution in [0.3, 0.4) is 0 Å². The van der Waals surface area contributed by atoms with E-state index < -0.39 is 0 Å². The van der Waals surface area contributed by atoms with Gasteiger partial charge in [0.05, 0.1) is 6.20 Å². The molecule has 2 aromatic rings. The number of aromatic nitrogens is 2. The minimum atomic E-state index is -0.173. The van der Waals surface area contributed by atoms with Gasteiger partial charge < -0.3 is 14.8 Å². The second-order valence-electron chi connectivity index (χ2n) is 3.29. The molecule has 1 aromatic carbocycles. The topological polar surface area (TPSA) is 58.3 Å². The zero-order chi connectivity index (χ0) is 10.7. The highest BCUT2D eigenvalue weighted by molar-refractivity contribution is 5.17. The quantitative estimate of drug-likeness (QED) is 0.788. The Hall–Kier alpha value is -1.81. The summed E-state index contributed by atoms with van der Waals surface area (Å²) in [6, 6.07) is 9.81. The molecule has 0 aliphatic carbocycles. The van der Waals surface area contributed by atoms with E-state index in [2.05, 4.69) is 4.98 Å². The van der Waals surface area contributed by atoms with Crippen LogP contribution in [0.5, 0.6) is 5.88 Å². The van der Waals surface area contributed by atoms with Gasteiger partial charge in [-0.15, -0.1) is 0 Å². The second kappa shape index (κ2) is 4.14. The Morgan fingerprint density at radius 2 is 1.93 bits per heavy atom. The van der Waals surface area contributed by atoms with Gasteiger partial charge in [-0.05, 0) is 5.56 Å². The third-order valence-electron chi connectivity index (χ3n) is 2.18. The lowest BCUT2D eigenvalue weighted by Crippen LogP contribution is -2.03. The SMILES string of the molecule is OCc1nc(O)cn1Cc1ccccc1. The van der Waals surface area contributed by atoms with Gasteiger partial charge in [0, 0.05) is 6.54 Å². The summed E-state index contributed by atoms with van der Waals surface area (Å²) in [5.41, 5.74) is 1.10. The molecule has 4 heteroatoms. The normalized spacial score (nSPS) is 10.5. The molecule has 1 heterocycles. The predicted octanol–water partition coefficient (Wildman–Crippen LogP) is 1.13. The second-order valence-corrected chi connectivity index (χ2v) is 3.29. The molecule has 1 aromatic heterocycles. The summed E-state index contributed by atoms with van der Waals surface area (Å²) in [7, 11) is 0. The van der Waals surface area contributed by atoms with Crippen LogP contribution < -0.4 is 0 Å². The first-order chi connectivity index (χ1) is 7.29. The minimum absolute atomic E-state index is 0.0602. The van der Waals surface area contributed by atoms with Crippen molar-refractivity contribution in [1.29, 1.82) is 0 Å². The van der Waals surface area contributed by atoms with E-state index in [4.69, 9.17) is 5.11 Å². The first kappa shape index (κ1) is 9.73. The fraction of sp³-hybridized carbons (Fsp3) is 0.182. The number of benzene rings is 1. The Morgan fingerprint density at radius 3 is 2.60 bits per heavy atom. The van der Waals surface area contributed by atoms with E-state index in [-0.39, 0.29) is 12.5 Å². The maximum Gasteiger partial charge on any atom is 0.229 e. The molecule has 0 unspecified atom stereocenters. The molecule has 78 valence electrons. The predicted molar refractivity (Wildman–Crippen MR) is 55.4 cm³/mol. The molecule has 2 N–H and O–H groups in total. The first-order valence-corrected chi connectivity index (χ1v) is 4.69. The molecule has 0 saturated carbocycles. The first-order valence-electron chi connectivity index (χ1n) is 4.69. The van der Waals surface area contributed by atoms with E-state index in [0.29, 0.717) is 12.4 Å². The summed E-state index contributed by atoms with van der Waals surface area (Å²) in [6.07, 6.45) is 1.51. The van der Waals surface area contributed by atoms with Crippen molar-refractivity contribution in [2.24, 2.45) is 0 Å². The lowest BCUT2D eigenvalue weighted by atomic mass is 10.2. The van der Waals surface area contributed by atoms with Crippen LogP contribution in [0.4, 0.5) is 0 Å². The maximum atomic E-state index is 9.20. The van der Waals surface area contributed by atoms with Crippen molar-refractivity contribution in [1.82, 2.24) is 9.55 Å². The van der Waals surface area contributed by atoms with Crippen molar-refractivity contribution in [2.45, 2.75) is 13.2 Å². The van der Waals surface area contributed by atoms with Crippen LogP contribution in [0.2, 0.25) is 0 Å². The van der Waals surface area contributed by atoms with Gasteiger partial charge in [0.1, 0.15) is 12.4 Å². The van der Waals surface area contributed by atoms with E-state index >= 15 is 0 Å². The molecule has 0 amide bonds. The highest BCUT2D eigenvalue weighted by Crippen LogP contribution is 2.11.